The van der Waals surface area contributed by atoms with Crippen molar-refractivity contribution in [2.75, 3.05) is 5.32 Å². The highest BCUT2D eigenvalue weighted by Gasteiger charge is 2.15. The Morgan fingerprint density at radius 3 is 2.71 bits per heavy atom. The van der Waals surface area contributed by atoms with Crippen molar-refractivity contribution in [1.82, 2.24) is 9.55 Å². The first-order valence-electron chi connectivity index (χ1n) is 9.91. The summed E-state index contributed by atoms with van der Waals surface area (Å²) in [5.41, 5.74) is 3.35. The molecular weight excluding hydrogens is 406 g/mol. The first-order valence-corrected chi connectivity index (χ1v) is 10.8. The molecule has 1 amide bonds. The van der Waals surface area contributed by atoms with Gasteiger partial charge in [0.1, 0.15) is 11.4 Å². The number of hydrogen-bond acceptors (Lipinski definition) is 4. The van der Waals surface area contributed by atoms with Crippen LogP contribution in [-0.2, 0) is 11.3 Å². The van der Waals surface area contributed by atoms with Crippen LogP contribution in [0, 0.1) is 6.92 Å². The predicted molar refractivity (Wildman–Crippen MR) is 127 cm³/mol. The number of thiophene rings is 1. The minimum absolute atomic E-state index is 0.0945. The number of carbonyl (C=O) groups excluding carboxylic acids is 1. The van der Waals surface area contributed by atoms with E-state index in [0.717, 1.165) is 27.5 Å². The van der Waals surface area contributed by atoms with E-state index in [9.17, 15) is 9.59 Å². The molecule has 31 heavy (non-hydrogen) atoms. The van der Waals surface area contributed by atoms with Crippen LogP contribution >= 0.6 is 11.3 Å². The van der Waals surface area contributed by atoms with Gasteiger partial charge in [0.15, 0.2) is 0 Å². The summed E-state index contributed by atoms with van der Waals surface area (Å²) in [6.45, 7) is 1.87. The molecule has 5 nitrogen and oxygen atoms in total. The van der Waals surface area contributed by atoms with Crippen molar-refractivity contribution in [1.29, 1.82) is 0 Å². The summed E-state index contributed by atoms with van der Waals surface area (Å²) in [6, 6.07) is 21.8. The van der Waals surface area contributed by atoms with Gasteiger partial charge in [-0.1, -0.05) is 48.5 Å². The van der Waals surface area contributed by atoms with Crippen molar-refractivity contribution in [3.8, 4) is 11.1 Å². The maximum Gasteiger partial charge on any atom is 0.263 e. The molecule has 2 heterocycles. The van der Waals surface area contributed by atoms with Gasteiger partial charge in [-0.2, -0.15) is 0 Å². The number of hydrogen-bond donors (Lipinski definition) is 1. The molecule has 0 unspecified atom stereocenters. The molecule has 0 aliphatic rings. The average Bonchev–Trinajstić information content (AvgIpc) is 3.20. The van der Waals surface area contributed by atoms with Gasteiger partial charge < -0.3 is 5.32 Å². The number of aromatic nitrogens is 2. The topological polar surface area (TPSA) is 64.0 Å². The standard InChI is InChI=1S/C25H19N3O2S/c1-16-5-4-8-20(11-16)27-22(29)13-28-15-26-24-23(25(28)30)21(14-31-24)19-10-9-17-6-2-3-7-18(17)12-19/h2-12,14-15H,13H2,1H3,(H,27,29). The van der Waals surface area contributed by atoms with E-state index in [-0.39, 0.29) is 18.0 Å². The molecule has 5 rings (SSSR count). The summed E-state index contributed by atoms with van der Waals surface area (Å²) in [5, 5.41) is 7.61. The van der Waals surface area contributed by atoms with Crippen LogP contribution in [0.5, 0.6) is 0 Å². The summed E-state index contributed by atoms with van der Waals surface area (Å²) >= 11 is 1.44. The van der Waals surface area contributed by atoms with Crippen molar-refractivity contribution in [2.45, 2.75) is 13.5 Å². The third kappa shape index (κ3) is 3.73. The van der Waals surface area contributed by atoms with Gasteiger partial charge >= 0.3 is 0 Å². The molecule has 0 bridgehead atoms. The molecule has 152 valence electrons. The van der Waals surface area contributed by atoms with Gasteiger partial charge in [0.25, 0.3) is 5.56 Å². The largest absolute Gasteiger partial charge is 0.325 e. The first-order chi connectivity index (χ1) is 15.1. The van der Waals surface area contributed by atoms with E-state index in [1.807, 2.05) is 54.8 Å². The molecule has 5 aromatic rings. The van der Waals surface area contributed by atoms with Gasteiger partial charge in [-0.25, -0.2) is 4.98 Å². The maximum atomic E-state index is 13.2. The molecule has 6 heteroatoms. The Hall–Kier alpha value is -3.77. The van der Waals surface area contributed by atoms with E-state index in [0.29, 0.717) is 15.9 Å². The van der Waals surface area contributed by atoms with E-state index in [2.05, 4.69) is 34.6 Å². The molecule has 0 radical (unpaired) electrons. The second kappa shape index (κ2) is 7.81. The number of nitrogens with zero attached hydrogens (tertiary/aromatic N) is 2. The lowest BCUT2D eigenvalue weighted by atomic mass is 10.0. The van der Waals surface area contributed by atoms with Crippen LogP contribution in [0.2, 0.25) is 0 Å². The summed E-state index contributed by atoms with van der Waals surface area (Å²) < 4.78 is 1.37. The van der Waals surface area contributed by atoms with Crippen molar-refractivity contribution in [2.24, 2.45) is 0 Å². The van der Waals surface area contributed by atoms with Crippen LogP contribution in [0.15, 0.2) is 83.2 Å². The second-order valence-electron chi connectivity index (χ2n) is 7.49. The number of fused-ring (bicyclic) bond motifs is 2. The third-order valence-electron chi connectivity index (χ3n) is 5.24. The molecule has 0 saturated heterocycles. The van der Waals surface area contributed by atoms with Crippen LogP contribution in [-0.4, -0.2) is 15.5 Å². The quantitative estimate of drug-likeness (QED) is 0.429. The molecule has 0 fully saturated rings. The van der Waals surface area contributed by atoms with Crippen LogP contribution < -0.4 is 10.9 Å². The van der Waals surface area contributed by atoms with Crippen molar-refractivity contribution >= 4 is 43.9 Å². The van der Waals surface area contributed by atoms with Crippen molar-refractivity contribution in [3.63, 3.8) is 0 Å². The van der Waals surface area contributed by atoms with Crippen LogP contribution in [0.4, 0.5) is 5.69 Å². The van der Waals surface area contributed by atoms with Crippen LogP contribution in [0.1, 0.15) is 5.56 Å². The Bertz CT molecular complexity index is 1500. The molecule has 0 spiro atoms. The van der Waals surface area contributed by atoms with E-state index >= 15 is 0 Å². The van der Waals surface area contributed by atoms with Gasteiger partial charge in [0.05, 0.1) is 11.7 Å². The van der Waals surface area contributed by atoms with E-state index in [1.165, 1.54) is 22.2 Å². The lowest BCUT2D eigenvalue weighted by molar-refractivity contribution is -0.116. The molecule has 0 saturated carbocycles. The van der Waals surface area contributed by atoms with Gasteiger partial charge in [-0.3, -0.25) is 14.2 Å². The minimum atomic E-state index is -0.267. The SMILES string of the molecule is Cc1cccc(NC(=O)Cn2cnc3scc(-c4ccc5ccccc5c4)c3c2=O)c1. The Balaban J connectivity index is 1.50. The molecule has 0 aliphatic carbocycles. The minimum Gasteiger partial charge on any atom is -0.325 e. The highest BCUT2D eigenvalue weighted by molar-refractivity contribution is 7.17. The molecule has 3 aromatic carbocycles. The van der Waals surface area contributed by atoms with E-state index < -0.39 is 0 Å². The Morgan fingerprint density at radius 2 is 1.87 bits per heavy atom. The summed E-state index contributed by atoms with van der Waals surface area (Å²) in [4.78, 5) is 30.9. The highest BCUT2D eigenvalue weighted by atomic mass is 32.1. The number of aryl methyl sites for hydroxylation is 1. The van der Waals surface area contributed by atoms with Crippen LogP contribution in [0.3, 0.4) is 0 Å². The van der Waals surface area contributed by atoms with Crippen molar-refractivity contribution in [3.05, 3.63) is 94.4 Å². The van der Waals surface area contributed by atoms with Gasteiger partial charge in [0.2, 0.25) is 5.91 Å². The van der Waals surface area contributed by atoms with Gasteiger partial charge in [-0.05, 0) is 47.0 Å². The maximum absolute atomic E-state index is 13.2. The van der Waals surface area contributed by atoms with Gasteiger partial charge in [0, 0.05) is 16.6 Å². The predicted octanol–water partition coefficient (Wildman–Crippen LogP) is 5.23. The number of benzene rings is 3. The molecule has 1 N–H and O–H groups in total. The number of carbonyl (C=O) groups is 1. The lowest BCUT2D eigenvalue weighted by Crippen LogP contribution is -2.27. The lowest BCUT2D eigenvalue weighted by Gasteiger charge is -2.08. The zero-order valence-electron chi connectivity index (χ0n) is 16.8. The Morgan fingerprint density at radius 1 is 1.03 bits per heavy atom. The molecule has 2 aromatic heterocycles. The summed E-state index contributed by atoms with van der Waals surface area (Å²) in [7, 11) is 0. The fourth-order valence-corrected chi connectivity index (χ4v) is 4.63. The number of rotatable bonds is 4. The number of anilines is 1. The average molecular weight is 426 g/mol. The summed E-state index contributed by atoms with van der Waals surface area (Å²) in [5.74, 6) is -0.267. The summed E-state index contributed by atoms with van der Waals surface area (Å²) in [6.07, 6.45) is 1.45. The van der Waals surface area contributed by atoms with E-state index in [1.54, 1.807) is 0 Å². The number of amides is 1. The molecular formula is C25H19N3O2S. The highest BCUT2D eigenvalue weighted by Crippen LogP contribution is 2.32. The Labute approximate surface area is 182 Å². The normalized spacial score (nSPS) is 11.1. The zero-order chi connectivity index (χ0) is 21.4. The first kappa shape index (κ1) is 19.2. The second-order valence-corrected chi connectivity index (χ2v) is 8.34. The fraction of sp³-hybridized carbons (Fsp3) is 0.0800. The Kier molecular flexibility index (Phi) is 4.84. The third-order valence-corrected chi connectivity index (χ3v) is 6.12. The van der Waals surface area contributed by atoms with Gasteiger partial charge in [-0.15, -0.1) is 11.3 Å². The number of nitrogens with one attached hydrogen (secondary N) is 1. The smallest absolute Gasteiger partial charge is 0.263 e. The molecule has 0 aliphatic heterocycles. The van der Waals surface area contributed by atoms with E-state index in [4.69, 9.17) is 0 Å². The fourth-order valence-electron chi connectivity index (χ4n) is 3.73. The monoisotopic (exact) mass is 425 g/mol. The molecule has 0 atom stereocenters. The van der Waals surface area contributed by atoms with Crippen molar-refractivity contribution < 1.29 is 4.79 Å². The zero-order valence-corrected chi connectivity index (χ0v) is 17.6. The van der Waals surface area contributed by atoms with Crippen LogP contribution in [0.25, 0.3) is 32.1 Å².